The molecule has 0 unspecified atom stereocenters. The highest BCUT2D eigenvalue weighted by Gasteiger charge is 2.40. The van der Waals surface area contributed by atoms with Crippen molar-refractivity contribution in [2.24, 2.45) is 0 Å². The van der Waals surface area contributed by atoms with Gasteiger partial charge in [0, 0.05) is 41.7 Å². The minimum atomic E-state index is -4.40. The molecule has 1 aliphatic rings. The number of aryl methyl sites for hydroxylation is 1. The Labute approximate surface area is 316 Å². The largest absolute Gasteiger partial charge is 0.394 e. The maximum atomic E-state index is 12.9. The van der Waals surface area contributed by atoms with E-state index < -0.39 is 16.0 Å². The predicted molar refractivity (Wildman–Crippen MR) is 203 cm³/mol. The maximum absolute atomic E-state index is 12.9. The number of ketones is 2. The molecule has 288 valence electrons. The zero-order valence-electron chi connectivity index (χ0n) is 29.7. The van der Waals surface area contributed by atoms with Gasteiger partial charge in [-0.15, -0.1) is 11.3 Å². The molecule has 0 atom stereocenters. The smallest absolute Gasteiger partial charge is 0.296 e. The van der Waals surface area contributed by atoms with Gasteiger partial charge in [0.25, 0.3) is 10.1 Å². The monoisotopic (exact) mass is 781 g/mol. The summed E-state index contributed by atoms with van der Waals surface area (Å²) in [5, 5.41) is 27.2. The first-order valence-corrected chi connectivity index (χ1v) is 19.6. The molecule has 0 spiro atoms. The molecule has 0 saturated heterocycles. The first-order valence-electron chi connectivity index (χ1n) is 17.3. The number of hydrogen-bond donors (Lipinski definition) is 4. The van der Waals surface area contributed by atoms with Crippen LogP contribution in [0.4, 0.5) is 0 Å². The number of ether oxygens (including phenoxy) is 3. The molecule has 5 aromatic rings. The first-order chi connectivity index (χ1) is 26.1. The maximum Gasteiger partial charge on any atom is 0.296 e. The molecule has 16 heteroatoms. The number of aliphatic hydroxyl groups excluding tert-OH is 3. The van der Waals surface area contributed by atoms with Gasteiger partial charge >= 0.3 is 0 Å². The van der Waals surface area contributed by atoms with Crippen LogP contribution < -0.4 is 0 Å². The number of Topliss-reactive ketones (excluding diaryl/α,β-unsaturated/α-hetero) is 2. The van der Waals surface area contributed by atoms with Gasteiger partial charge < -0.3 is 29.5 Å². The highest BCUT2D eigenvalue weighted by atomic mass is 32.2. The van der Waals surface area contributed by atoms with Crippen LogP contribution in [-0.4, -0.2) is 134 Å². The molecule has 0 aliphatic heterocycles. The number of fused-ring (bicyclic) bond motifs is 3. The number of pyridine rings is 1. The Morgan fingerprint density at radius 3 is 1.81 bits per heavy atom. The van der Waals surface area contributed by atoms with Crippen LogP contribution in [0.5, 0.6) is 0 Å². The Bertz CT molecular complexity index is 2110. The van der Waals surface area contributed by atoms with Crippen LogP contribution in [0.1, 0.15) is 37.9 Å². The molecular formula is C38H43N3O11S2. The Morgan fingerprint density at radius 2 is 1.28 bits per heavy atom. The minimum Gasteiger partial charge on any atom is -0.394 e. The molecule has 3 aromatic carbocycles. The molecule has 0 radical (unpaired) electrons. The second-order valence-electron chi connectivity index (χ2n) is 12.3. The van der Waals surface area contributed by atoms with Crippen LogP contribution in [0.25, 0.3) is 31.7 Å². The fourth-order valence-electron chi connectivity index (χ4n) is 5.97. The van der Waals surface area contributed by atoms with Crippen molar-refractivity contribution in [2.75, 3.05) is 79.1 Å². The number of benzene rings is 3. The van der Waals surface area contributed by atoms with Gasteiger partial charge in [-0.05, 0) is 42.8 Å². The van der Waals surface area contributed by atoms with Gasteiger partial charge in [0.15, 0.2) is 11.6 Å². The summed E-state index contributed by atoms with van der Waals surface area (Å²) >= 11 is 1.18. The fraction of sp³-hybridized carbons (Fsp3) is 0.368. The topological polar surface area (TPSA) is 206 Å². The highest BCUT2D eigenvalue weighted by molar-refractivity contribution is 7.86. The van der Waals surface area contributed by atoms with Crippen LogP contribution >= 0.6 is 11.3 Å². The van der Waals surface area contributed by atoms with Gasteiger partial charge in [0.05, 0.1) is 80.9 Å². The van der Waals surface area contributed by atoms with Crippen molar-refractivity contribution in [3.05, 3.63) is 89.1 Å². The van der Waals surface area contributed by atoms with Gasteiger partial charge in [0.1, 0.15) is 15.8 Å². The van der Waals surface area contributed by atoms with E-state index >= 15 is 0 Å². The third-order valence-corrected chi connectivity index (χ3v) is 10.9. The number of rotatable bonds is 18. The quantitative estimate of drug-likeness (QED) is 0.0571. The number of aromatic nitrogens is 2. The lowest BCUT2D eigenvalue weighted by Crippen LogP contribution is -2.34. The molecule has 2 aromatic heterocycles. The van der Waals surface area contributed by atoms with E-state index in [1.165, 1.54) is 11.3 Å². The summed E-state index contributed by atoms with van der Waals surface area (Å²) in [5.74, 6) is -1.43. The molecule has 0 amide bonds. The number of thiazole rings is 1. The molecule has 4 N–H and O–H groups in total. The molecule has 6 rings (SSSR count). The van der Waals surface area contributed by atoms with Crippen LogP contribution in [0.3, 0.4) is 0 Å². The van der Waals surface area contributed by atoms with Crippen molar-refractivity contribution in [2.45, 2.75) is 17.7 Å². The molecule has 0 saturated carbocycles. The number of aliphatic hydroxyl groups is 3. The Hall–Kier alpha value is -4.07. The van der Waals surface area contributed by atoms with Gasteiger partial charge in [-0.1, -0.05) is 36.4 Å². The van der Waals surface area contributed by atoms with E-state index in [0.717, 1.165) is 30.6 Å². The molecule has 54 heavy (non-hydrogen) atoms. The molecule has 1 aliphatic carbocycles. The third kappa shape index (κ3) is 10.2. The number of nitrogens with zero attached hydrogens (tertiary/aromatic N) is 3. The molecule has 2 heterocycles. The van der Waals surface area contributed by atoms with Gasteiger partial charge in [-0.3, -0.25) is 24.0 Å². The van der Waals surface area contributed by atoms with Crippen LogP contribution in [0, 0.1) is 6.92 Å². The lowest BCUT2D eigenvalue weighted by Gasteiger charge is -2.22. The molecule has 14 nitrogen and oxygen atoms in total. The summed E-state index contributed by atoms with van der Waals surface area (Å²) in [7, 11) is -4.40. The zero-order chi connectivity index (χ0) is 38.7. The Balaban J connectivity index is 0.000000253. The normalized spacial score (nSPS) is 13.2. The summed E-state index contributed by atoms with van der Waals surface area (Å²) < 4.78 is 49.6. The second kappa shape index (κ2) is 19.5. The zero-order valence-corrected chi connectivity index (χ0v) is 31.4. The fourth-order valence-corrected chi connectivity index (χ4v) is 8.28. The minimum absolute atomic E-state index is 0.0270. The summed E-state index contributed by atoms with van der Waals surface area (Å²) in [6.07, 6.45) is 0. The van der Waals surface area contributed by atoms with Crippen LogP contribution in [-0.2, 0) is 24.3 Å². The molecule has 0 bridgehead atoms. The Morgan fingerprint density at radius 1 is 0.722 bits per heavy atom. The lowest BCUT2D eigenvalue weighted by molar-refractivity contribution is 0.0325. The number of hydrogen-bond acceptors (Lipinski definition) is 14. The standard InChI is InChI=1S/C26H16N2O5S2.C12H27NO6/c1-13-6-9-20-24(25(13)35(31,32)33)34-26(28-20)15-8-10-18-14(12-15)7-11-19(27-18)21-22(29)16-4-2-3-5-17(16)23(21)30;14-4-10-17-7-1-13(2-8-18-11-5-15)3-9-19-12-6-16/h2-12,21H,1H3,(H,31,32,33);14-16H,1-12H2. The molecular weight excluding hydrogens is 739 g/mol. The van der Waals surface area contributed by atoms with Crippen molar-refractivity contribution in [3.8, 4) is 10.6 Å². The van der Waals surface area contributed by atoms with Crippen molar-refractivity contribution in [3.63, 3.8) is 0 Å². The van der Waals surface area contributed by atoms with Gasteiger partial charge in [-0.25, -0.2) is 4.98 Å². The lowest BCUT2D eigenvalue weighted by atomic mass is 9.98. The van der Waals surface area contributed by atoms with E-state index in [0.29, 0.717) is 82.8 Å². The average molecular weight is 782 g/mol. The summed E-state index contributed by atoms with van der Waals surface area (Å²) in [6.45, 7) is 6.54. The van der Waals surface area contributed by atoms with Gasteiger partial charge in [0.2, 0.25) is 0 Å². The number of carbonyl (C=O) groups excluding carboxylic acids is 2. The SMILES string of the molecule is Cc1ccc2nc(-c3ccc4nc(C5C(=O)c6ccccc6C5=O)ccc4c3)sc2c1S(=O)(=O)O.OCCOCCN(CCOCCO)CCOCCO. The summed E-state index contributed by atoms with van der Waals surface area (Å²) in [6, 6.07) is 19.1. The van der Waals surface area contributed by atoms with Crippen molar-refractivity contribution >= 4 is 54.1 Å². The van der Waals surface area contributed by atoms with E-state index in [1.54, 1.807) is 55.5 Å². The molecule has 0 fully saturated rings. The third-order valence-electron chi connectivity index (χ3n) is 8.57. The summed E-state index contributed by atoms with van der Waals surface area (Å²) in [4.78, 5) is 36.9. The Kier molecular flexibility index (Phi) is 14.8. The van der Waals surface area contributed by atoms with E-state index in [-0.39, 0.29) is 36.3 Å². The van der Waals surface area contributed by atoms with Crippen LogP contribution in [0.2, 0.25) is 0 Å². The van der Waals surface area contributed by atoms with E-state index in [1.807, 2.05) is 18.2 Å². The van der Waals surface area contributed by atoms with Crippen LogP contribution in [0.15, 0.2) is 71.6 Å². The predicted octanol–water partition coefficient (Wildman–Crippen LogP) is 3.54. The van der Waals surface area contributed by atoms with E-state index in [4.69, 9.17) is 29.5 Å². The first kappa shape index (κ1) is 41.1. The second-order valence-corrected chi connectivity index (χ2v) is 14.6. The number of carbonyl (C=O) groups is 2. The van der Waals surface area contributed by atoms with Crippen molar-refractivity contribution in [1.29, 1.82) is 0 Å². The van der Waals surface area contributed by atoms with Crippen molar-refractivity contribution < 1.29 is 52.1 Å². The van der Waals surface area contributed by atoms with E-state index in [2.05, 4.69) is 14.9 Å². The van der Waals surface area contributed by atoms with Crippen molar-refractivity contribution in [1.82, 2.24) is 14.9 Å². The summed E-state index contributed by atoms with van der Waals surface area (Å²) in [5.41, 5.74) is 3.57. The average Bonchev–Trinajstić information content (AvgIpc) is 3.70. The van der Waals surface area contributed by atoms with Gasteiger partial charge in [-0.2, -0.15) is 8.42 Å². The highest BCUT2D eigenvalue weighted by Crippen LogP contribution is 2.37. The van der Waals surface area contributed by atoms with E-state index in [9.17, 15) is 22.6 Å².